The Morgan fingerprint density at radius 1 is 0.603 bits per heavy atom. The molecule has 0 bridgehead atoms. The van der Waals surface area contributed by atoms with Crippen LogP contribution in [-0.4, -0.2) is 133 Å². The summed E-state index contributed by atoms with van der Waals surface area (Å²) in [6, 6.07) is 18.5. The topological polar surface area (TPSA) is 334 Å². The van der Waals surface area contributed by atoms with Crippen LogP contribution in [0.15, 0.2) is 96.6 Å². The van der Waals surface area contributed by atoms with Gasteiger partial charge in [0.15, 0.2) is 22.6 Å². The highest BCUT2D eigenvalue weighted by Gasteiger charge is 2.13. The number of fused-ring (bicyclic) bond motifs is 4. The maximum atomic E-state index is 10.9. The summed E-state index contributed by atoms with van der Waals surface area (Å²) in [5, 5.41) is 34.0. The number of isothiocyanates is 1. The Bertz CT molecular complexity index is 2990. The minimum atomic E-state index is -1.00. The fraction of sp³-hybridized carbons (Fsp3) is 0.238. The van der Waals surface area contributed by atoms with Crippen molar-refractivity contribution in [3.8, 4) is 0 Å². The highest BCUT2D eigenvalue weighted by molar-refractivity contribution is 7.78. The van der Waals surface area contributed by atoms with E-state index in [2.05, 4.69) is 68.4 Å². The number of pyridine rings is 5. The number of carboxylic acid groups (broad SMARTS) is 1. The lowest BCUT2D eigenvalue weighted by Gasteiger charge is -2.03. The summed E-state index contributed by atoms with van der Waals surface area (Å²) in [5.41, 5.74) is 23.4. The first kappa shape index (κ1) is 53.6. The van der Waals surface area contributed by atoms with Crippen molar-refractivity contribution in [2.75, 3.05) is 74.2 Å². The van der Waals surface area contributed by atoms with Crippen LogP contribution in [0.1, 0.15) is 34.0 Å². The molecule has 25 nitrogen and oxygen atoms in total. The van der Waals surface area contributed by atoms with Crippen molar-refractivity contribution in [3.05, 3.63) is 114 Å². The molecular formula is C42H55N21O4S. The van der Waals surface area contributed by atoms with E-state index in [1.807, 2.05) is 131 Å². The number of anilines is 6. The number of aromatic nitrogens is 13. The molecule has 0 aliphatic carbocycles. The molecule has 1 amide bonds. The van der Waals surface area contributed by atoms with Gasteiger partial charge in [0, 0.05) is 80.2 Å². The van der Waals surface area contributed by atoms with E-state index < -0.39 is 5.97 Å². The number of carbonyl (C=O) groups is 2. The zero-order valence-electron chi connectivity index (χ0n) is 39.2. The summed E-state index contributed by atoms with van der Waals surface area (Å²) in [5.74, 6) is 5.03. The quantitative estimate of drug-likeness (QED) is 0.0834. The smallest absolute Gasteiger partial charge is 0.339 e. The molecule has 0 radical (unpaired) electrons. The third kappa shape index (κ3) is 15.2. The maximum Gasteiger partial charge on any atom is 0.339 e. The monoisotopic (exact) mass is 949 g/mol. The van der Waals surface area contributed by atoms with E-state index in [0.29, 0.717) is 40.6 Å². The zero-order chi connectivity index (χ0) is 50.7. The number of nitrogens with two attached hydrogens (primary N) is 4. The molecule has 9 aromatic rings. The van der Waals surface area contributed by atoms with Crippen molar-refractivity contribution < 1.29 is 19.9 Å². The Morgan fingerprint density at radius 3 is 1.40 bits per heavy atom. The van der Waals surface area contributed by atoms with Crippen LogP contribution in [0.5, 0.6) is 0 Å². The predicted molar refractivity (Wildman–Crippen MR) is 265 cm³/mol. The number of hydrogen-bond donors (Lipinski definition) is 6. The average Bonchev–Trinajstić information content (AvgIpc) is 4.12. The molecular weight excluding hydrogens is 895 g/mol. The van der Waals surface area contributed by atoms with E-state index in [0.717, 1.165) is 33.9 Å². The van der Waals surface area contributed by atoms with Gasteiger partial charge in [0.2, 0.25) is 23.8 Å². The Balaban J connectivity index is 0.000000219. The molecule has 10 N–H and O–H groups in total. The van der Waals surface area contributed by atoms with Crippen LogP contribution in [0.3, 0.4) is 0 Å². The average molecular weight is 950 g/mol. The molecule has 0 spiro atoms. The fourth-order valence-corrected chi connectivity index (χ4v) is 5.32. The van der Waals surface area contributed by atoms with Crippen LogP contribution in [0.4, 0.5) is 35.3 Å². The molecule has 0 atom stereocenters. The molecule has 9 heterocycles. The maximum absolute atomic E-state index is 10.9. The second kappa shape index (κ2) is 25.7. The van der Waals surface area contributed by atoms with E-state index in [9.17, 15) is 9.59 Å². The Hall–Kier alpha value is -8.71. The van der Waals surface area contributed by atoms with Gasteiger partial charge in [-0.25, -0.2) is 33.7 Å². The van der Waals surface area contributed by atoms with E-state index in [4.69, 9.17) is 27.5 Å². The van der Waals surface area contributed by atoms with Crippen LogP contribution in [0.25, 0.3) is 22.6 Å². The van der Waals surface area contributed by atoms with E-state index in [1.165, 1.54) is 17.5 Å². The first-order valence-electron chi connectivity index (χ1n) is 19.9. The normalized spacial score (nSPS) is 9.82. The van der Waals surface area contributed by atoms with Crippen LogP contribution < -0.4 is 37.8 Å². The molecule has 0 saturated carbocycles. The molecule has 0 aliphatic rings. The molecule has 0 unspecified atom stereocenters. The fourth-order valence-electron chi connectivity index (χ4n) is 5.19. The Morgan fingerprint density at radius 2 is 1.01 bits per heavy atom. The number of thiocarbonyl (C=S) groups is 1. The summed E-state index contributed by atoms with van der Waals surface area (Å²) >= 11 is 4.09. The predicted octanol–water partition coefficient (Wildman–Crippen LogP) is 3.54. The number of hydrogen-bond acceptors (Lipinski definition) is 20. The van der Waals surface area contributed by atoms with Gasteiger partial charge >= 0.3 is 5.97 Å². The van der Waals surface area contributed by atoms with Gasteiger partial charge in [-0.3, -0.25) is 4.79 Å². The zero-order valence-corrected chi connectivity index (χ0v) is 40.0. The van der Waals surface area contributed by atoms with E-state index >= 15 is 0 Å². The highest BCUT2D eigenvalue weighted by Crippen LogP contribution is 2.15. The van der Waals surface area contributed by atoms with Gasteiger partial charge in [0.25, 0.3) is 5.91 Å². The molecule has 0 aliphatic heterocycles. The number of aromatic carboxylic acids is 1. The number of carboxylic acids is 1. The number of aryl methyl sites for hydroxylation is 3. The SMILES string of the molecule is CC(=O)N=C=S.CN(C)c1nc2c(C(=O)O)cccn2n1.CN(C)c1nc2c(N)cccn2n1.Cc1cccn2nc(N(C)C)nc12.Cc1cccn2nc(N)nc12.Cc1cccnc1N.NO. The van der Waals surface area contributed by atoms with Gasteiger partial charge < -0.3 is 42.2 Å². The van der Waals surface area contributed by atoms with Gasteiger partial charge in [-0.05, 0) is 92.1 Å². The van der Waals surface area contributed by atoms with Crippen molar-refractivity contribution in [2.45, 2.75) is 27.7 Å². The van der Waals surface area contributed by atoms with E-state index in [-0.39, 0.29) is 11.5 Å². The third-order valence-electron chi connectivity index (χ3n) is 8.54. The number of aliphatic imine (C=N–C) groups is 1. The lowest BCUT2D eigenvalue weighted by atomic mass is 10.3. The van der Waals surface area contributed by atoms with Gasteiger partial charge in [0.05, 0.1) is 10.8 Å². The number of rotatable bonds is 4. The highest BCUT2D eigenvalue weighted by atomic mass is 32.1. The lowest BCUT2D eigenvalue weighted by Crippen LogP contribution is -2.10. The number of nitrogen functional groups attached to an aromatic ring is 3. The summed E-state index contributed by atoms with van der Waals surface area (Å²) in [6.07, 6.45) is 8.91. The van der Waals surface area contributed by atoms with Crippen molar-refractivity contribution in [2.24, 2.45) is 10.9 Å². The largest absolute Gasteiger partial charge is 0.478 e. The number of nitrogens with zero attached hydrogens (tertiary/aromatic N) is 17. The lowest BCUT2D eigenvalue weighted by molar-refractivity contribution is -0.115. The molecule has 0 saturated heterocycles. The molecule has 9 aromatic heterocycles. The van der Waals surface area contributed by atoms with Crippen molar-refractivity contribution in [1.29, 1.82) is 0 Å². The standard InChI is InChI=1S/C9H10N4O2.C9H12N4.C8H11N5.C7H8N4.C6H8N2.C3H3NOS.H3NO/c1-12(2)9-10-7-6(8(14)15)4-3-5-13(7)11-9;1-7-5-4-6-13-8(7)10-9(11-13)12(2)3;1-12(2)8-10-7-6(9)4-3-5-13(7)11-8;1-5-3-2-4-11-6(5)9-7(8)10-11;1-5-3-2-4-8-6(5)7;1-3(5)4-2-6;1-2/h3-5H,1-2H3,(H,14,15);4-6H,1-3H3;3-5H,9H2,1-2H3;2-4H,1H3,(H2,8,10);2-4H,1H3,(H2,7,8);1H3;2H,1H2. The number of carbonyl (C=O) groups excluding carboxylic acids is 1. The minimum Gasteiger partial charge on any atom is -0.478 e. The van der Waals surface area contributed by atoms with E-state index in [1.54, 1.807) is 51.0 Å². The second-order valence-corrected chi connectivity index (χ2v) is 14.6. The molecule has 68 heavy (non-hydrogen) atoms. The summed E-state index contributed by atoms with van der Waals surface area (Å²) in [7, 11) is 11.3. The van der Waals surface area contributed by atoms with Gasteiger partial charge in [-0.15, -0.1) is 20.4 Å². The van der Waals surface area contributed by atoms with Gasteiger partial charge in [0.1, 0.15) is 11.4 Å². The van der Waals surface area contributed by atoms with Crippen LogP contribution in [0.2, 0.25) is 0 Å². The van der Waals surface area contributed by atoms with Gasteiger partial charge in [-0.1, -0.05) is 18.2 Å². The second-order valence-electron chi connectivity index (χ2n) is 14.5. The molecule has 0 fully saturated rings. The number of amides is 1. The van der Waals surface area contributed by atoms with Crippen molar-refractivity contribution in [1.82, 2.24) is 63.4 Å². The molecule has 358 valence electrons. The van der Waals surface area contributed by atoms with Crippen LogP contribution in [-0.2, 0) is 4.79 Å². The van der Waals surface area contributed by atoms with Crippen LogP contribution >= 0.6 is 12.2 Å². The summed E-state index contributed by atoms with van der Waals surface area (Å²) in [4.78, 5) is 49.8. The third-order valence-corrected chi connectivity index (χ3v) is 8.63. The first-order valence-corrected chi connectivity index (χ1v) is 20.3. The summed E-state index contributed by atoms with van der Waals surface area (Å²) in [6.45, 7) is 7.26. The Labute approximate surface area is 396 Å². The van der Waals surface area contributed by atoms with Gasteiger partial charge in [-0.2, -0.15) is 24.9 Å². The van der Waals surface area contributed by atoms with Crippen molar-refractivity contribution >= 4 is 87.1 Å². The molecule has 0 aromatic carbocycles. The minimum absolute atomic E-state index is 0.151. The molecule has 26 heteroatoms. The molecule has 9 rings (SSSR count). The Kier molecular flexibility index (Phi) is 20.3. The van der Waals surface area contributed by atoms with Crippen molar-refractivity contribution in [3.63, 3.8) is 0 Å². The summed E-state index contributed by atoms with van der Waals surface area (Å²) < 4.78 is 6.60. The first-order chi connectivity index (χ1) is 32.3. The van der Waals surface area contributed by atoms with Crippen LogP contribution in [0, 0.1) is 20.8 Å².